The fourth-order valence-corrected chi connectivity index (χ4v) is 4.49. The Balaban J connectivity index is 4.79. The molecule has 0 fully saturated rings. The lowest BCUT2D eigenvalue weighted by molar-refractivity contribution is -0.130. The number of nitrogens with zero attached hydrogens (tertiary/aromatic N) is 1. The molecule has 0 saturated carbocycles. The van der Waals surface area contributed by atoms with E-state index in [0.29, 0.717) is 38.0 Å². The third-order valence-corrected chi connectivity index (χ3v) is 6.74. The number of carbonyl (C=O) groups excluding carboxylic acids is 3. The highest BCUT2D eigenvalue weighted by atomic mass is 16.3. The molecule has 0 rings (SSSR count). The summed E-state index contributed by atoms with van der Waals surface area (Å²) in [5.74, 6) is -0.238. The number of unbranched alkanes of at least 4 members (excludes halogenated alkanes) is 3. The monoisotopic (exact) mass is 525 g/mol. The molecule has 0 saturated heterocycles. The minimum absolute atomic E-state index is 0.0149. The number of carbonyl (C=O) groups is 3. The molecule has 0 aliphatic rings. The fraction of sp³-hybridized carbons (Fsp3) is 0.767. The highest BCUT2D eigenvalue weighted by molar-refractivity contribution is 5.91. The first-order valence-corrected chi connectivity index (χ1v) is 13.7. The number of hydrogen-bond donors (Lipinski definition) is 3. The Morgan fingerprint density at radius 3 is 2.11 bits per heavy atom. The Kier molecular flexibility index (Phi) is 14.7. The van der Waals surface area contributed by atoms with E-state index < -0.39 is 30.8 Å². The molecule has 0 aromatic carbocycles. The number of likely N-dealkylation sites (N-methyl/N-ethyl adjacent to an activating group) is 2. The average Bonchev–Trinajstić information content (AvgIpc) is 2.89. The van der Waals surface area contributed by atoms with Crippen LogP contribution in [0.2, 0.25) is 0 Å². The van der Waals surface area contributed by atoms with E-state index >= 15 is 0 Å². The molecule has 0 bridgehead atoms. The molecular formula is C30H55N3O4. The minimum atomic E-state index is -0.977. The van der Waals surface area contributed by atoms with E-state index in [1.165, 1.54) is 6.08 Å². The molecule has 5 atom stereocenters. The Hall–Kier alpha value is -1.83. The van der Waals surface area contributed by atoms with Gasteiger partial charge in [-0.3, -0.25) is 19.3 Å². The lowest BCUT2D eigenvalue weighted by Gasteiger charge is -2.31. The van der Waals surface area contributed by atoms with Crippen LogP contribution in [-0.2, 0) is 14.4 Å². The van der Waals surface area contributed by atoms with Crippen LogP contribution in [0.4, 0.5) is 0 Å². The summed E-state index contributed by atoms with van der Waals surface area (Å²) in [6.07, 6.45) is 4.89. The number of nitrogens with one attached hydrogen (secondary N) is 2. The number of aliphatic hydroxyl groups is 1. The number of rotatable bonds is 21. The molecule has 0 radical (unpaired) electrons. The van der Waals surface area contributed by atoms with Gasteiger partial charge in [0.2, 0.25) is 5.91 Å². The quantitative estimate of drug-likeness (QED) is 0.153. The number of allylic oxidation sites excluding steroid dienone is 3. The standard InChI is InChI=1S/C30H55N3O4/c1-10-11-14-17-23(6)29(36)28(33(8)9)26(35)19-16-13-12-15-18-25(34)27(22(4)5)32-30(37)24(31-7)20-21(2)3/h10-11,14,21-24,27-29,31,36H,1,12-13,15-20H2,2-9H3,(H,32,37)/b14-11+/t23-,24+,27+,28?,29-/m1/s1/i1D2,10D,11D. The maximum atomic E-state index is 13.0. The first kappa shape index (κ1) is 28.2. The molecule has 0 aromatic heterocycles. The summed E-state index contributed by atoms with van der Waals surface area (Å²) in [4.78, 5) is 40.3. The maximum Gasteiger partial charge on any atom is 0.237 e. The zero-order valence-electron chi connectivity index (χ0n) is 28.4. The third-order valence-electron chi connectivity index (χ3n) is 6.74. The van der Waals surface area contributed by atoms with Gasteiger partial charge in [-0.2, -0.15) is 0 Å². The van der Waals surface area contributed by atoms with E-state index in [-0.39, 0.29) is 47.8 Å². The summed E-state index contributed by atoms with van der Waals surface area (Å²) >= 11 is 0. The Labute approximate surface area is 232 Å². The van der Waals surface area contributed by atoms with Crippen molar-refractivity contribution in [3.05, 3.63) is 24.7 Å². The largest absolute Gasteiger partial charge is 0.391 e. The zero-order chi connectivity index (χ0) is 31.9. The van der Waals surface area contributed by atoms with Gasteiger partial charge in [0.15, 0.2) is 11.6 Å². The van der Waals surface area contributed by atoms with Crippen molar-refractivity contribution >= 4 is 17.5 Å². The van der Waals surface area contributed by atoms with E-state index in [0.717, 1.165) is 12.8 Å². The van der Waals surface area contributed by atoms with Crippen LogP contribution in [0.15, 0.2) is 24.7 Å². The van der Waals surface area contributed by atoms with Crippen molar-refractivity contribution in [3.63, 3.8) is 0 Å². The van der Waals surface area contributed by atoms with Crippen LogP contribution < -0.4 is 10.6 Å². The van der Waals surface area contributed by atoms with Crippen LogP contribution in [-0.4, -0.2) is 72.9 Å². The van der Waals surface area contributed by atoms with Gasteiger partial charge in [-0.05, 0) is 64.6 Å². The molecule has 0 aliphatic heterocycles. The van der Waals surface area contributed by atoms with Crippen molar-refractivity contribution in [2.75, 3.05) is 21.1 Å². The second kappa shape index (κ2) is 19.3. The Morgan fingerprint density at radius 1 is 1.03 bits per heavy atom. The van der Waals surface area contributed by atoms with E-state index in [1.807, 2.05) is 13.8 Å². The predicted molar refractivity (Wildman–Crippen MR) is 153 cm³/mol. The summed E-state index contributed by atoms with van der Waals surface area (Å²) in [5, 5.41) is 16.9. The van der Waals surface area contributed by atoms with E-state index in [9.17, 15) is 19.5 Å². The highest BCUT2D eigenvalue weighted by Gasteiger charge is 2.31. The molecule has 37 heavy (non-hydrogen) atoms. The van der Waals surface area contributed by atoms with Crippen molar-refractivity contribution in [2.24, 2.45) is 17.8 Å². The second-order valence-electron chi connectivity index (χ2n) is 11.1. The van der Waals surface area contributed by atoms with Crippen molar-refractivity contribution in [1.82, 2.24) is 15.5 Å². The van der Waals surface area contributed by atoms with Crippen molar-refractivity contribution in [2.45, 2.75) is 110 Å². The number of amides is 1. The van der Waals surface area contributed by atoms with Crippen LogP contribution in [0.3, 0.4) is 0 Å². The van der Waals surface area contributed by atoms with Gasteiger partial charge in [-0.1, -0.05) is 72.2 Å². The predicted octanol–water partition coefficient (Wildman–Crippen LogP) is 4.30. The smallest absolute Gasteiger partial charge is 0.237 e. The molecule has 0 spiro atoms. The van der Waals surface area contributed by atoms with E-state index in [4.69, 9.17) is 5.48 Å². The summed E-state index contributed by atoms with van der Waals surface area (Å²) in [7, 11) is 5.22. The third kappa shape index (κ3) is 14.0. The van der Waals surface area contributed by atoms with Crippen LogP contribution in [0.1, 0.15) is 91.5 Å². The van der Waals surface area contributed by atoms with Crippen molar-refractivity contribution < 1.29 is 25.0 Å². The summed E-state index contributed by atoms with van der Waals surface area (Å²) in [6, 6.07) is -2.30. The average molecular weight is 526 g/mol. The van der Waals surface area contributed by atoms with Gasteiger partial charge in [0.25, 0.3) is 0 Å². The van der Waals surface area contributed by atoms with Crippen LogP contribution in [0.5, 0.6) is 0 Å². The van der Waals surface area contributed by atoms with Gasteiger partial charge in [0, 0.05) is 12.8 Å². The molecule has 0 aromatic rings. The number of hydrogen-bond acceptors (Lipinski definition) is 6. The SMILES string of the molecule is [2H]C([2H])=C([2H])/C([2H])=C/C[C@@H](C)[C@@H](O)C(C(=O)CCCCCCC(=O)[C@@H](NC(=O)[C@H](CC(C)C)NC)C(C)C)N(C)C. The molecule has 0 aliphatic carbocycles. The van der Waals surface area contributed by atoms with E-state index in [1.54, 1.807) is 33.0 Å². The molecule has 3 N–H and O–H groups in total. The lowest BCUT2D eigenvalue weighted by Crippen LogP contribution is -2.51. The zero-order valence-corrected chi connectivity index (χ0v) is 24.4. The highest BCUT2D eigenvalue weighted by Crippen LogP contribution is 2.19. The van der Waals surface area contributed by atoms with Gasteiger partial charge in [-0.15, -0.1) is 0 Å². The number of aliphatic hydroxyl groups excluding tert-OH is 1. The molecule has 1 amide bonds. The summed E-state index contributed by atoms with van der Waals surface area (Å²) < 4.78 is 29.6. The summed E-state index contributed by atoms with van der Waals surface area (Å²) in [6.45, 7) is 8.99. The lowest BCUT2D eigenvalue weighted by atomic mass is 9.89. The van der Waals surface area contributed by atoms with Crippen LogP contribution in [0, 0.1) is 17.8 Å². The van der Waals surface area contributed by atoms with Crippen LogP contribution >= 0.6 is 0 Å². The van der Waals surface area contributed by atoms with Gasteiger partial charge < -0.3 is 15.7 Å². The Morgan fingerprint density at radius 2 is 1.62 bits per heavy atom. The molecular weight excluding hydrogens is 466 g/mol. The first-order chi connectivity index (χ1) is 19.0. The van der Waals surface area contributed by atoms with Gasteiger partial charge in [0.05, 0.1) is 29.7 Å². The molecule has 214 valence electrons. The van der Waals surface area contributed by atoms with Crippen molar-refractivity contribution in [3.8, 4) is 0 Å². The maximum absolute atomic E-state index is 13.0. The van der Waals surface area contributed by atoms with E-state index in [2.05, 4.69) is 24.5 Å². The second-order valence-corrected chi connectivity index (χ2v) is 11.1. The first-order valence-electron chi connectivity index (χ1n) is 15.7. The van der Waals surface area contributed by atoms with Gasteiger partial charge in [0.1, 0.15) is 0 Å². The normalized spacial score (nSPS) is 17.8. The van der Waals surface area contributed by atoms with Crippen molar-refractivity contribution in [1.29, 1.82) is 0 Å². The van der Waals surface area contributed by atoms with Crippen LogP contribution in [0.25, 0.3) is 0 Å². The van der Waals surface area contributed by atoms with Gasteiger partial charge >= 0.3 is 0 Å². The molecule has 1 unspecified atom stereocenters. The molecule has 7 heteroatoms. The fourth-order valence-electron chi connectivity index (χ4n) is 4.49. The Bertz CT molecular complexity index is 889. The minimum Gasteiger partial charge on any atom is -0.391 e. The topological polar surface area (TPSA) is 98.7 Å². The number of Topliss-reactive ketones (excluding diaryl/α,β-unsaturated/α-hetero) is 2. The number of ketones is 2. The molecule has 0 heterocycles. The molecule has 7 nitrogen and oxygen atoms in total. The summed E-state index contributed by atoms with van der Waals surface area (Å²) in [5.41, 5.74) is 0. The van der Waals surface area contributed by atoms with Gasteiger partial charge in [-0.25, -0.2) is 0 Å².